The number of carbonyl (C=O) groups excluding carboxylic acids is 1. The molecule has 10 heteroatoms. The number of benzene rings is 3. The van der Waals surface area contributed by atoms with E-state index in [0.29, 0.717) is 5.56 Å². The predicted molar refractivity (Wildman–Crippen MR) is 122 cm³/mol. The second-order valence-electron chi connectivity index (χ2n) is 6.82. The lowest BCUT2D eigenvalue weighted by atomic mass is 10.1. The van der Waals surface area contributed by atoms with Crippen LogP contribution in [0.25, 0.3) is 0 Å². The summed E-state index contributed by atoms with van der Waals surface area (Å²) in [7, 11) is -3.70. The van der Waals surface area contributed by atoms with E-state index in [2.05, 4.69) is 10.5 Å². The molecule has 0 heterocycles. The number of nitro groups is 1. The molecule has 0 aromatic heterocycles. The maximum atomic E-state index is 12.8. The highest BCUT2D eigenvalue weighted by molar-refractivity contribution is 7.92. The van der Waals surface area contributed by atoms with Gasteiger partial charge in [-0.15, -0.1) is 0 Å². The van der Waals surface area contributed by atoms with Gasteiger partial charge >= 0.3 is 0 Å². The Morgan fingerprint density at radius 3 is 2.44 bits per heavy atom. The van der Waals surface area contributed by atoms with E-state index in [1.54, 1.807) is 48.5 Å². The summed E-state index contributed by atoms with van der Waals surface area (Å²) in [4.78, 5) is 23.1. The van der Waals surface area contributed by atoms with Gasteiger partial charge in [0.2, 0.25) is 10.0 Å². The molecule has 0 bridgehead atoms. The molecular weight excluding hydrogens is 432 g/mol. The van der Waals surface area contributed by atoms with Crippen molar-refractivity contribution in [3.63, 3.8) is 0 Å². The van der Waals surface area contributed by atoms with E-state index in [9.17, 15) is 23.3 Å². The Bertz CT molecular complexity index is 1260. The molecule has 3 aromatic carbocycles. The molecule has 0 unspecified atom stereocenters. The summed E-state index contributed by atoms with van der Waals surface area (Å²) in [5.41, 5.74) is 3.76. The van der Waals surface area contributed by atoms with Crippen molar-refractivity contribution in [3.8, 4) is 0 Å². The Kier molecular flexibility index (Phi) is 6.96. The van der Waals surface area contributed by atoms with Gasteiger partial charge in [0.15, 0.2) is 0 Å². The molecule has 164 valence electrons. The number of carbonyl (C=O) groups is 1. The van der Waals surface area contributed by atoms with Crippen LogP contribution in [0.5, 0.6) is 0 Å². The van der Waals surface area contributed by atoms with Crippen molar-refractivity contribution in [1.29, 1.82) is 0 Å². The fourth-order valence-corrected chi connectivity index (χ4v) is 3.86. The number of sulfonamides is 1. The molecule has 1 amide bonds. The van der Waals surface area contributed by atoms with E-state index in [0.717, 1.165) is 16.1 Å². The van der Waals surface area contributed by atoms with E-state index in [-0.39, 0.29) is 23.5 Å². The smallest absolute Gasteiger partial charge is 0.267 e. The first-order valence-corrected chi connectivity index (χ1v) is 11.3. The molecule has 0 aliphatic rings. The Morgan fingerprint density at radius 2 is 1.75 bits per heavy atom. The summed E-state index contributed by atoms with van der Waals surface area (Å²) >= 11 is 0. The van der Waals surface area contributed by atoms with Gasteiger partial charge in [-0.05, 0) is 17.7 Å². The van der Waals surface area contributed by atoms with E-state index < -0.39 is 20.9 Å². The van der Waals surface area contributed by atoms with Crippen LogP contribution >= 0.6 is 0 Å². The summed E-state index contributed by atoms with van der Waals surface area (Å²) in [6.45, 7) is 0.0565. The number of rotatable bonds is 8. The van der Waals surface area contributed by atoms with Crippen LogP contribution in [0, 0.1) is 10.1 Å². The molecule has 1 N–H and O–H groups in total. The van der Waals surface area contributed by atoms with Crippen LogP contribution in [0.3, 0.4) is 0 Å². The third kappa shape index (κ3) is 5.76. The highest BCUT2D eigenvalue weighted by atomic mass is 32.2. The Hall–Kier alpha value is -4.05. The second-order valence-corrected chi connectivity index (χ2v) is 8.73. The molecule has 0 saturated carbocycles. The Labute approximate surface area is 185 Å². The molecule has 9 nitrogen and oxygen atoms in total. The number of amides is 1. The summed E-state index contributed by atoms with van der Waals surface area (Å²) in [5, 5.41) is 14.7. The van der Waals surface area contributed by atoms with Crippen LogP contribution in [-0.2, 0) is 16.6 Å². The van der Waals surface area contributed by atoms with Crippen molar-refractivity contribution in [2.45, 2.75) is 6.54 Å². The van der Waals surface area contributed by atoms with E-state index in [4.69, 9.17) is 0 Å². The van der Waals surface area contributed by atoms with Gasteiger partial charge in [-0.3, -0.25) is 19.2 Å². The van der Waals surface area contributed by atoms with Crippen LogP contribution in [-0.4, -0.2) is 31.7 Å². The third-order valence-electron chi connectivity index (χ3n) is 4.45. The molecule has 0 radical (unpaired) electrons. The van der Waals surface area contributed by atoms with Crippen LogP contribution < -0.4 is 9.73 Å². The minimum Gasteiger partial charge on any atom is -0.267 e. The number of non-ortho nitro benzene ring substituents is 1. The van der Waals surface area contributed by atoms with Crippen molar-refractivity contribution in [1.82, 2.24) is 5.43 Å². The number of nitrogens with zero attached hydrogens (tertiary/aromatic N) is 3. The molecule has 0 spiro atoms. The standard InChI is InChI=1S/C22H20N4O5S/c1-32(30,31)25(16-17-8-3-2-4-9-17)21-13-6-5-12-20(21)22(27)24-23-15-18-10-7-11-19(14-18)26(28)29/h2-15H,16H2,1H3,(H,24,27)/b23-15+. The number of hydrogen-bond donors (Lipinski definition) is 1. The van der Waals surface area contributed by atoms with Crippen molar-refractivity contribution < 1.29 is 18.1 Å². The van der Waals surface area contributed by atoms with Gasteiger partial charge in [0.1, 0.15) is 0 Å². The number of hydrogen-bond acceptors (Lipinski definition) is 6. The summed E-state index contributed by atoms with van der Waals surface area (Å²) in [5.74, 6) is -0.621. The second kappa shape index (κ2) is 9.84. The summed E-state index contributed by atoms with van der Waals surface area (Å²) in [6, 6.07) is 21.1. The first-order chi connectivity index (χ1) is 15.3. The Morgan fingerprint density at radius 1 is 1.06 bits per heavy atom. The fourth-order valence-electron chi connectivity index (χ4n) is 2.96. The largest absolute Gasteiger partial charge is 0.273 e. The highest BCUT2D eigenvalue weighted by Gasteiger charge is 2.23. The molecule has 3 rings (SSSR count). The van der Waals surface area contributed by atoms with Crippen molar-refractivity contribution in [2.24, 2.45) is 5.10 Å². The molecule has 0 atom stereocenters. The number of hydrazone groups is 1. The monoisotopic (exact) mass is 452 g/mol. The highest BCUT2D eigenvalue weighted by Crippen LogP contribution is 2.25. The molecule has 0 fully saturated rings. The van der Waals surface area contributed by atoms with Crippen LogP contribution in [0.1, 0.15) is 21.5 Å². The zero-order valence-electron chi connectivity index (χ0n) is 17.1. The van der Waals surface area contributed by atoms with Crippen molar-refractivity contribution in [3.05, 3.63) is 106 Å². The third-order valence-corrected chi connectivity index (χ3v) is 5.57. The number of anilines is 1. The van der Waals surface area contributed by atoms with Gasteiger partial charge in [-0.25, -0.2) is 13.8 Å². The quantitative estimate of drug-likeness (QED) is 0.319. The molecule has 0 aliphatic heterocycles. The minimum atomic E-state index is -3.70. The van der Waals surface area contributed by atoms with Crippen LogP contribution in [0.2, 0.25) is 0 Å². The number of para-hydroxylation sites is 1. The Balaban J connectivity index is 1.85. The normalized spacial score (nSPS) is 11.3. The van der Waals surface area contributed by atoms with Gasteiger partial charge in [-0.2, -0.15) is 5.10 Å². The number of nitrogens with one attached hydrogen (secondary N) is 1. The lowest BCUT2D eigenvalue weighted by Gasteiger charge is -2.24. The SMILES string of the molecule is CS(=O)(=O)N(Cc1ccccc1)c1ccccc1C(=O)N/N=C/c1cccc([N+](=O)[O-])c1. The predicted octanol–water partition coefficient (Wildman–Crippen LogP) is 3.32. The topological polar surface area (TPSA) is 122 Å². The molecule has 0 saturated heterocycles. The van der Waals surface area contributed by atoms with Gasteiger partial charge in [0, 0.05) is 17.7 Å². The minimum absolute atomic E-state index is 0.0565. The molecule has 3 aromatic rings. The van der Waals surface area contributed by atoms with E-state index >= 15 is 0 Å². The van der Waals surface area contributed by atoms with Crippen molar-refractivity contribution >= 4 is 33.5 Å². The van der Waals surface area contributed by atoms with Gasteiger partial charge in [0.05, 0.1) is 35.2 Å². The average molecular weight is 452 g/mol. The maximum absolute atomic E-state index is 12.8. The van der Waals surface area contributed by atoms with Crippen LogP contribution in [0.15, 0.2) is 84.0 Å². The van der Waals surface area contributed by atoms with E-state index in [1.165, 1.54) is 30.5 Å². The first kappa shape index (κ1) is 22.6. The maximum Gasteiger partial charge on any atom is 0.273 e. The zero-order valence-corrected chi connectivity index (χ0v) is 17.9. The lowest BCUT2D eigenvalue weighted by molar-refractivity contribution is -0.384. The van der Waals surface area contributed by atoms with E-state index in [1.807, 2.05) is 6.07 Å². The van der Waals surface area contributed by atoms with Gasteiger partial charge < -0.3 is 0 Å². The summed E-state index contributed by atoms with van der Waals surface area (Å²) < 4.78 is 26.2. The summed E-state index contributed by atoms with van der Waals surface area (Å²) in [6.07, 6.45) is 2.34. The molecule has 32 heavy (non-hydrogen) atoms. The van der Waals surface area contributed by atoms with Crippen LogP contribution in [0.4, 0.5) is 11.4 Å². The van der Waals surface area contributed by atoms with Crippen molar-refractivity contribution in [2.75, 3.05) is 10.6 Å². The lowest BCUT2D eigenvalue weighted by Crippen LogP contribution is -2.32. The molecule has 0 aliphatic carbocycles. The average Bonchev–Trinajstić information content (AvgIpc) is 2.77. The number of nitro benzene ring substituents is 1. The van der Waals surface area contributed by atoms with Gasteiger partial charge in [0.25, 0.3) is 11.6 Å². The fraction of sp³-hybridized carbons (Fsp3) is 0.0909. The zero-order chi connectivity index (χ0) is 23.1. The first-order valence-electron chi connectivity index (χ1n) is 9.44. The molecular formula is C22H20N4O5S. The van der Waals surface area contributed by atoms with Gasteiger partial charge in [-0.1, -0.05) is 54.6 Å².